The molecule has 2 aromatic rings. The van der Waals surface area contributed by atoms with Crippen molar-refractivity contribution in [3.05, 3.63) is 27.6 Å². The SMILES string of the molecule is Cc1ncsc1COCc1nc(S(C)(=O)=O)c(C)[nH]1. The van der Waals surface area contributed by atoms with Gasteiger partial charge >= 0.3 is 0 Å². The standard InChI is InChI=1S/C11H15N3O3S2/c1-7-9(18-6-12-7)4-17-5-10-13-8(2)11(14-10)19(3,15)16/h6H,4-5H2,1-3H3,(H,13,14). The van der Waals surface area contributed by atoms with Gasteiger partial charge in [-0.05, 0) is 13.8 Å². The van der Waals surface area contributed by atoms with E-state index in [0.717, 1.165) is 16.8 Å². The third-order valence-corrected chi connectivity index (χ3v) is 4.57. The maximum Gasteiger partial charge on any atom is 0.194 e. The quantitative estimate of drug-likeness (QED) is 0.906. The number of aromatic nitrogens is 3. The van der Waals surface area contributed by atoms with Gasteiger partial charge in [0.15, 0.2) is 14.9 Å². The van der Waals surface area contributed by atoms with Gasteiger partial charge in [-0.15, -0.1) is 11.3 Å². The Labute approximate surface area is 115 Å². The van der Waals surface area contributed by atoms with Gasteiger partial charge in [0.05, 0.1) is 28.4 Å². The van der Waals surface area contributed by atoms with Crippen LogP contribution in [0.2, 0.25) is 0 Å². The van der Waals surface area contributed by atoms with Crippen LogP contribution in [-0.2, 0) is 27.8 Å². The fourth-order valence-electron chi connectivity index (χ4n) is 1.64. The second kappa shape index (κ2) is 5.40. The minimum absolute atomic E-state index is 0.0834. The monoisotopic (exact) mass is 301 g/mol. The van der Waals surface area contributed by atoms with Crippen LogP contribution in [0.5, 0.6) is 0 Å². The van der Waals surface area contributed by atoms with E-state index in [1.165, 1.54) is 11.3 Å². The highest BCUT2D eigenvalue weighted by molar-refractivity contribution is 7.90. The van der Waals surface area contributed by atoms with Crippen LogP contribution in [0.1, 0.15) is 22.1 Å². The number of nitrogens with one attached hydrogen (secondary N) is 1. The Kier molecular flexibility index (Phi) is 4.02. The third-order valence-electron chi connectivity index (χ3n) is 2.56. The first-order valence-corrected chi connectivity index (χ1v) is 8.37. The summed E-state index contributed by atoms with van der Waals surface area (Å²) in [7, 11) is -3.29. The Morgan fingerprint density at radius 3 is 2.63 bits per heavy atom. The molecule has 0 aliphatic rings. The summed E-state index contributed by atoms with van der Waals surface area (Å²) < 4.78 is 28.4. The van der Waals surface area contributed by atoms with Gasteiger partial charge in [-0.25, -0.2) is 18.4 Å². The minimum Gasteiger partial charge on any atom is -0.368 e. The van der Waals surface area contributed by atoms with Crippen molar-refractivity contribution in [2.45, 2.75) is 32.1 Å². The molecule has 2 heterocycles. The lowest BCUT2D eigenvalue weighted by Crippen LogP contribution is -2.00. The van der Waals surface area contributed by atoms with E-state index in [1.54, 1.807) is 12.4 Å². The number of hydrogen-bond acceptors (Lipinski definition) is 6. The predicted molar refractivity (Wildman–Crippen MR) is 71.8 cm³/mol. The van der Waals surface area contributed by atoms with Crippen molar-refractivity contribution >= 4 is 21.2 Å². The molecule has 0 saturated heterocycles. The van der Waals surface area contributed by atoms with Gasteiger partial charge in [-0.2, -0.15) is 0 Å². The van der Waals surface area contributed by atoms with Crippen molar-refractivity contribution in [3.8, 4) is 0 Å². The van der Waals surface area contributed by atoms with E-state index in [1.807, 2.05) is 6.92 Å². The number of rotatable bonds is 5. The van der Waals surface area contributed by atoms with E-state index >= 15 is 0 Å². The van der Waals surface area contributed by atoms with Gasteiger partial charge in [-0.1, -0.05) is 0 Å². The van der Waals surface area contributed by atoms with Crippen LogP contribution in [0.15, 0.2) is 10.5 Å². The molecule has 2 aromatic heterocycles. The summed E-state index contributed by atoms with van der Waals surface area (Å²) in [6.07, 6.45) is 1.14. The molecule has 0 amide bonds. The van der Waals surface area contributed by atoms with Gasteiger partial charge in [0.2, 0.25) is 0 Å². The highest BCUT2D eigenvalue weighted by Gasteiger charge is 2.16. The topological polar surface area (TPSA) is 84.9 Å². The summed E-state index contributed by atoms with van der Waals surface area (Å²) in [5, 5.41) is 0.0834. The number of aromatic amines is 1. The van der Waals surface area contributed by atoms with Gasteiger partial charge in [0.25, 0.3) is 0 Å². The maximum absolute atomic E-state index is 11.4. The normalized spacial score (nSPS) is 11.9. The first kappa shape index (κ1) is 14.2. The molecular weight excluding hydrogens is 286 g/mol. The zero-order valence-corrected chi connectivity index (χ0v) is 12.6. The van der Waals surface area contributed by atoms with Crippen LogP contribution >= 0.6 is 11.3 Å². The van der Waals surface area contributed by atoms with Crippen LogP contribution in [0.4, 0.5) is 0 Å². The van der Waals surface area contributed by atoms with E-state index in [-0.39, 0.29) is 11.6 Å². The van der Waals surface area contributed by atoms with Crippen LogP contribution in [0.25, 0.3) is 0 Å². The van der Waals surface area contributed by atoms with Crippen molar-refractivity contribution in [2.24, 2.45) is 0 Å². The largest absolute Gasteiger partial charge is 0.368 e. The van der Waals surface area contributed by atoms with E-state index < -0.39 is 9.84 Å². The zero-order valence-electron chi connectivity index (χ0n) is 10.9. The number of hydrogen-bond donors (Lipinski definition) is 1. The minimum atomic E-state index is -3.29. The number of aryl methyl sites for hydroxylation is 2. The van der Waals surface area contributed by atoms with Crippen molar-refractivity contribution in [1.29, 1.82) is 0 Å². The molecular formula is C11H15N3O3S2. The first-order valence-electron chi connectivity index (χ1n) is 5.60. The zero-order chi connectivity index (χ0) is 14.0. The van der Waals surface area contributed by atoms with Crippen LogP contribution in [-0.4, -0.2) is 29.6 Å². The molecule has 0 aliphatic heterocycles. The maximum atomic E-state index is 11.4. The number of nitrogens with zero attached hydrogens (tertiary/aromatic N) is 2. The molecule has 0 unspecified atom stereocenters. The molecule has 0 atom stereocenters. The smallest absolute Gasteiger partial charge is 0.194 e. The lowest BCUT2D eigenvalue weighted by molar-refractivity contribution is 0.103. The highest BCUT2D eigenvalue weighted by Crippen LogP contribution is 2.15. The number of thiazole rings is 1. The molecule has 0 bridgehead atoms. The molecule has 104 valence electrons. The van der Waals surface area contributed by atoms with Gasteiger partial charge in [0, 0.05) is 6.26 Å². The predicted octanol–water partition coefficient (Wildman–Crippen LogP) is 1.60. The summed E-state index contributed by atoms with van der Waals surface area (Å²) in [5.41, 5.74) is 3.26. The van der Waals surface area contributed by atoms with Crippen molar-refractivity contribution in [1.82, 2.24) is 15.0 Å². The number of ether oxygens (including phenoxy) is 1. The summed E-state index contributed by atoms with van der Waals surface area (Å²) in [6, 6.07) is 0. The van der Waals surface area contributed by atoms with E-state index in [2.05, 4.69) is 15.0 Å². The molecule has 2 rings (SSSR count). The first-order chi connectivity index (χ1) is 8.88. The second-order valence-corrected chi connectivity index (χ2v) is 7.11. The Hall–Kier alpha value is -1.25. The van der Waals surface area contributed by atoms with E-state index in [0.29, 0.717) is 18.1 Å². The Bertz CT molecular complexity index is 673. The molecule has 0 aromatic carbocycles. The van der Waals surface area contributed by atoms with E-state index in [9.17, 15) is 8.42 Å². The molecule has 0 radical (unpaired) electrons. The molecule has 6 nitrogen and oxygen atoms in total. The van der Waals surface area contributed by atoms with Crippen molar-refractivity contribution in [2.75, 3.05) is 6.26 Å². The molecule has 0 fully saturated rings. The number of imidazole rings is 1. The molecule has 8 heteroatoms. The summed E-state index contributed by atoms with van der Waals surface area (Å²) in [4.78, 5) is 12.2. The lowest BCUT2D eigenvalue weighted by atomic mass is 10.4. The fourth-order valence-corrected chi connectivity index (χ4v) is 3.23. The van der Waals surface area contributed by atoms with Crippen LogP contribution in [0.3, 0.4) is 0 Å². The molecule has 0 aliphatic carbocycles. The molecule has 0 saturated carbocycles. The van der Waals surface area contributed by atoms with Gasteiger partial charge in [0.1, 0.15) is 12.4 Å². The van der Waals surface area contributed by atoms with Gasteiger partial charge in [-0.3, -0.25) is 0 Å². The Morgan fingerprint density at radius 1 is 1.37 bits per heavy atom. The van der Waals surface area contributed by atoms with Crippen molar-refractivity contribution in [3.63, 3.8) is 0 Å². The Morgan fingerprint density at radius 2 is 2.11 bits per heavy atom. The highest BCUT2D eigenvalue weighted by atomic mass is 32.2. The lowest BCUT2D eigenvalue weighted by Gasteiger charge is -2.00. The van der Waals surface area contributed by atoms with Crippen molar-refractivity contribution < 1.29 is 13.2 Å². The fraction of sp³-hybridized carbons (Fsp3) is 0.455. The average molecular weight is 301 g/mol. The number of H-pyrrole nitrogens is 1. The summed E-state index contributed by atoms with van der Waals surface area (Å²) in [6.45, 7) is 4.30. The average Bonchev–Trinajstić information content (AvgIpc) is 2.85. The molecule has 1 N–H and O–H groups in total. The van der Waals surface area contributed by atoms with Crippen LogP contribution in [0, 0.1) is 13.8 Å². The third kappa shape index (κ3) is 3.40. The second-order valence-electron chi connectivity index (χ2n) is 4.24. The molecule has 0 spiro atoms. The van der Waals surface area contributed by atoms with E-state index in [4.69, 9.17) is 4.74 Å². The number of sulfone groups is 1. The van der Waals surface area contributed by atoms with Crippen LogP contribution < -0.4 is 0 Å². The molecule has 19 heavy (non-hydrogen) atoms. The Balaban J connectivity index is 1.99. The summed E-state index contributed by atoms with van der Waals surface area (Å²) >= 11 is 1.53. The van der Waals surface area contributed by atoms with Gasteiger partial charge < -0.3 is 9.72 Å². The summed E-state index contributed by atoms with van der Waals surface area (Å²) in [5.74, 6) is 0.514.